The lowest BCUT2D eigenvalue weighted by atomic mass is 10.3. The Morgan fingerprint density at radius 1 is 1.67 bits per heavy atom. The Labute approximate surface area is 71.6 Å². The second-order valence-corrected chi connectivity index (χ2v) is 2.54. The topological polar surface area (TPSA) is 70.0 Å². The molecule has 0 aliphatic carbocycles. The van der Waals surface area contributed by atoms with Crippen molar-refractivity contribution in [2.24, 2.45) is 0 Å². The first-order valence-electron chi connectivity index (χ1n) is 3.63. The van der Waals surface area contributed by atoms with Crippen LogP contribution in [0.25, 0.3) is 0 Å². The molecule has 0 fully saturated rings. The van der Waals surface area contributed by atoms with Gasteiger partial charge in [-0.25, -0.2) is 0 Å². The number of carbonyl (C=O) groups excluding carboxylic acids is 1. The van der Waals surface area contributed by atoms with Gasteiger partial charge in [0.1, 0.15) is 6.61 Å². The number of likely N-dealkylation sites (N-methyl/N-ethyl adjacent to an activating group) is 1. The first-order chi connectivity index (χ1) is 5.61. The number of hydrogen-bond acceptors (Lipinski definition) is 4. The minimum Gasteiger partial charge on any atom is -0.394 e. The first-order valence-corrected chi connectivity index (χ1v) is 3.63. The van der Waals surface area contributed by atoms with Gasteiger partial charge in [-0.1, -0.05) is 0 Å². The summed E-state index contributed by atoms with van der Waals surface area (Å²) in [6, 6.07) is 0. The molecule has 0 radical (unpaired) electrons. The first kappa shape index (κ1) is 11.4. The third-order valence-electron chi connectivity index (χ3n) is 1.39. The average molecular weight is 177 g/mol. The molecule has 12 heavy (non-hydrogen) atoms. The number of carbonyl (C=O) groups is 1. The monoisotopic (exact) mass is 177 g/mol. The molecule has 0 saturated heterocycles. The summed E-state index contributed by atoms with van der Waals surface area (Å²) in [6.45, 7) is -0.224. The SMILES string of the molecule is COCC(=O)N(C)C[C@@H](O)CO. The number of aliphatic hydroxyl groups excluding tert-OH is 2. The molecule has 0 aromatic heterocycles. The zero-order valence-corrected chi connectivity index (χ0v) is 7.36. The second kappa shape index (κ2) is 5.93. The largest absolute Gasteiger partial charge is 0.394 e. The van der Waals surface area contributed by atoms with Crippen LogP contribution in [0.4, 0.5) is 0 Å². The van der Waals surface area contributed by atoms with Crippen LogP contribution in [-0.2, 0) is 9.53 Å². The van der Waals surface area contributed by atoms with Crippen molar-refractivity contribution >= 4 is 5.91 Å². The Morgan fingerprint density at radius 3 is 2.67 bits per heavy atom. The van der Waals surface area contributed by atoms with E-state index in [1.54, 1.807) is 7.05 Å². The number of nitrogens with zero attached hydrogens (tertiary/aromatic N) is 1. The molecule has 0 aliphatic rings. The van der Waals surface area contributed by atoms with Crippen molar-refractivity contribution in [1.29, 1.82) is 0 Å². The molecular formula is C7H15NO4. The highest BCUT2D eigenvalue weighted by molar-refractivity contribution is 5.77. The standard InChI is InChI=1S/C7H15NO4/c1-8(3-6(10)4-9)7(11)5-12-2/h6,9-10H,3-5H2,1-2H3/t6-/m1/s1. The molecule has 0 heterocycles. The smallest absolute Gasteiger partial charge is 0.248 e. The zero-order valence-electron chi connectivity index (χ0n) is 7.36. The van der Waals surface area contributed by atoms with E-state index in [1.807, 2.05) is 0 Å². The fourth-order valence-electron chi connectivity index (χ4n) is 0.709. The van der Waals surface area contributed by atoms with E-state index in [4.69, 9.17) is 10.2 Å². The summed E-state index contributed by atoms with van der Waals surface area (Å²) in [5, 5.41) is 17.4. The van der Waals surface area contributed by atoms with Crippen LogP contribution < -0.4 is 0 Å². The van der Waals surface area contributed by atoms with Crippen LogP contribution in [0.1, 0.15) is 0 Å². The van der Waals surface area contributed by atoms with E-state index in [-0.39, 0.29) is 25.7 Å². The Balaban J connectivity index is 3.70. The van der Waals surface area contributed by atoms with Gasteiger partial charge in [0.05, 0.1) is 12.7 Å². The minimum absolute atomic E-state index is 0.00531. The molecule has 0 aliphatic heterocycles. The Hall–Kier alpha value is -0.650. The van der Waals surface area contributed by atoms with Crippen molar-refractivity contribution in [3.05, 3.63) is 0 Å². The molecular weight excluding hydrogens is 162 g/mol. The lowest BCUT2D eigenvalue weighted by Gasteiger charge is -2.18. The van der Waals surface area contributed by atoms with E-state index in [1.165, 1.54) is 12.0 Å². The maximum Gasteiger partial charge on any atom is 0.248 e. The van der Waals surface area contributed by atoms with Crippen molar-refractivity contribution in [3.8, 4) is 0 Å². The molecule has 1 atom stereocenters. The van der Waals surface area contributed by atoms with Crippen molar-refractivity contribution in [2.45, 2.75) is 6.10 Å². The Morgan fingerprint density at radius 2 is 2.25 bits per heavy atom. The van der Waals surface area contributed by atoms with Gasteiger partial charge in [-0.2, -0.15) is 0 Å². The number of amides is 1. The quantitative estimate of drug-likeness (QED) is 0.533. The van der Waals surface area contributed by atoms with Crippen LogP contribution >= 0.6 is 0 Å². The van der Waals surface area contributed by atoms with Crippen LogP contribution in [0.3, 0.4) is 0 Å². The summed E-state index contributed by atoms with van der Waals surface area (Å²) >= 11 is 0. The maximum atomic E-state index is 11.0. The third-order valence-corrected chi connectivity index (χ3v) is 1.39. The highest BCUT2D eigenvalue weighted by atomic mass is 16.5. The van der Waals surface area contributed by atoms with E-state index >= 15 is 0 Å². The Bertz CT molecular complexity index is 139. The van der Waals surface area contributed by atoms with Gasteiger partial charge in [0.2, 0.25) is 5.91 Å². The van der Waals surface area contributed by atoms with Crippen molar-refractivity contribution < 1.29 is 19.7 Å². The maximum absolute atomic E-state index is 11.0. The van der Waals surface area contributed by atoms with Gasteiger partial charge in [0.25, 0.3) is 0 Å². The molecule has 0 unspecified atom stereocenters. The van der Waals surface area contributed by atoms with E-state index < -0.39 is 6.10 Å². The predicted molar refractivity (Wildman–Crippen MR) is 42.6 cm³/mol. The Kier molecular flexibility index (Phi) is 5.61. The van der Waals surface area contributed by atoms with Gasteiger partial charge in [-0.3, -0.25) is 4.79 Å². The highest BCUT2D eigenvalue weighted by Gasteiger charge is 2.11. The van der Waals surface area contributed by atoms with Crippen LogP contribution in [0.15, 0.2) is 0 Å². The van der Waals surface area contributed by atoms with Gasteiger partial charge in [-0.05, 0) is 0 Å². The normalized spacial score (nSPS) is 12.7. The summed E-state index contributed by atoms with van der Waals surface area (Å²) in [5.74, 6) is -0.218. The van der Waals surface area contributed by atoms with Crippen molar-refractivity contribution in [3.63, 3.8) is 0 Å². The van der Waals surface area contributed by atoms with Crippen LogP contribution in [0, 0.1) is 0 Å². The third kappa shape index (κ3) is 4.27. The number of methoxy groups -OCH3 is 1. The molecule has 0 spiro atoms. The molecule has 1 amide bonds. The highest BCUT2D eigenvalue weighted by Crippen LogP contribution is 1.89. The summed E-state index contributed by atoms with van der Waals surface area (Å²) < 4.78 is 4.60. The van der Waals surface area contributed by atoms with E-state index in [0.717, 1.165) is 0 Å². The molecule has 2 N–H and O–H groups in total. The average Bonchev–Trinajstić information content (AvgIpc) is 2.04. The number of rotatable bonds is 5. The number of hydrogen-bond donors (Lipinski definition) is 2. The van der Waals surface area contributed by atoms with E-state index in [2.05, 4.69) is 4.74 Å². The lowest BCUT2D eigenvalue weighted by Crippen LogP contribution is -2.37. The number of aliphatic hydroxyl groups is 2. The molecule has 5 heteroatoms. The molecule has 72 valence electrons. The summed E-state index contributed by atoms with van der Waals surface area (Å²) in [6.07, 6.45) is -0.879. The van der Waals surface area contributed by atoms with Crippen LogP contribution in [0.2, 0.25) is 0 Å². The summed E-state index contributed by atoms with van der Waals surface area (Å²) in [4.78, 5) is 12.3. The molecule has 0 aromatic carbocycles. The molecule has 0 aromatic rings. The second-order valence-electron chi connectivity index (χ2n) is 2.54. The van der Waals surface area contributed by atoms with Gasteiger partial charge in [-0.15, -0.1) is 0 Å². The molecule has 0 rings (SSSR count). The fourth-order valence-corrected chi connectivity index (χ4v) is 0.709. The zero-order chi connectivity index (χ0) is 9.56. The number of ether oxygens (including phenoxy) is 1. The van der Waals surface area contributed by atoms with Gasteiger partial charge < -0.3 is 19.8 Å². The fraction of sp³-hybridized carbons (Fsp3) is 0.857. The van der Waals surface area contributed by atoms with Gasteiger partial charge >= 0.3 is 0 Å². The lowest BCUT2D eigenvalue weighted by molar-refractivity contribution is -0.135. The van der Waals surface area contributed by atoms with Gasteiger partial charge in [0.15, 0.2) is 0 Å². The van der Waals surface area contributed by atoms with E-state index in [0.29, 0.717) is 0 Å². The molecule has 0 saturated carbocycles. The summed E-state index contributed by atoms with van der Waals surface area (Å²) in [7, 11) is 2.97. The molecule has 0 bridgehead atoms. The van der Waals surface area contributed by atoms with E-state index in [9.17, 15) is 4.79 Å². The van der Waals surface area contributed by atoms with Crippen molar-refractivity contribution in [2.75, 3.05) is 33.9 Å². The van der Waals surface area contributed by atoms with Crippen LogP contribution in [-0.4, -0.2) is 61.0 Å². The van der Waals surface area contributed by atoms with Crippen molar-refractivity contribution in [1.82, 2.24) is 4.90 Å². The minimum atomic E-state index is -0.879. The summed E-state index contributed by atoms with van der Waals surface area (Å²) in [5.41, 5.74) is 0. The van der Waals surface area contributed by atoms with Crippen LogP contribution in [0.5, 0.6) is 0 Å². The van der Waals surface area contributed by atoms with Gasteiger partial charge in [0, 0.05) is 20.7 Å². The molecule has 5 nitrogen and oxygen atoms in total. The predicted octanol–water partition coefficient (Wildman–Crippen LogP) is -1.56.